The zero-order valence-corrected chi connectivity index (χ0v) is 15.4. The molecular formula is C21H19O4S-. The molecule has 0 saturated heterocycles. The van der Waals surface area contributed by atoms with Crippen molar-refractivity contribution < 1.29 is 18.2 Å². The van der Waals surface area contributed by atoms with Crippen molar-refractivity contribution in [2.75, 3.05) is 0 Å². The van der Waals surface area contributed by atoms with Gasteiger partial charge in [0, 0.05) is 4.90 Å². The fraction of sp³-hybridized carbons (Fsp3) is 0.143. The van der Waals surface area contributed by atoms with Crippen LogP contribution < -0.4 is 9.47 Å². The van der Waals surface area contributed by atoms with E-state index in [4.69, 9.17) is 9.47 Å². The molecule has 0 saturated carbocycles. The number of benzene rings is 3. The second kappa shape index (κ2) is 8.17. The molecule has 0 aromatic heterocycles. The molecule has 0 fully saturated rings. The van der Waals surface area contributed by atoms with Gasteiger partial charge >= 0.3 is 0 Å². The van der Waals surface area contributed by atoms with E-state index in [9.17, 15) is 8.76 Å². The fourth-order valence-electron chi connectivity index (χ4n) is 2.47. The molecule has 1 atom stereocenters. The summed E-state index contributed by atoms with van der Waals surface area (Å²) in [6.45, 7) is 4.00. The van der Waals surface area contributed by atoms with Crippen molar-refractivity contribution >= 4 is 11.1 Å². The van der Waals surface area contributed by atoms with E-state index in [1.165, 1.54) is 12.1 Å². The zero-order chi connectivity index (χ0) is 18.5. The molecule has 4 nitrogen and oxygen atoms in total. The van der Waals surface area contributed by atoms with Crippen LogP contribution in [0.4, 0.5) is 0 Å². The molecular weight excluding hydrogens is 348 g/mol. The summed E-state index contributed by atoms with van der Waals surface area (Å²) in [5.41, 5.74) is 2.17. The highest BCUT2D eigenvalue weighted by molar-refractivity contribution is 7.79. The van der Waals surface area contributed by atoms with Gasteiger partial charge in [0.25, 0.3) is 0 Å². The average Bonchev–Trinajstić information content (AvgIpc) is 2.63. The summed E-state index contributed by atoms with van der Waals surface area (Å²) in [6, 6.07) is 22.0. The Hall–Kier alpha value is -2.63. The Balaban J connectivity index is 1.69. The minimum absolute atomic E-state index is 0.153. The van der Waals surface area contributed by atoms with Gasteiger partial charge in [-0.1, -0.05) is 24.3 Å². The van der Waals surface area contributed by atoms with E-state index in [0.29, 0.717) is 11.5 Å². The first kappa shape index (κ1) is 18.2. The lowest BCUT2D eigenvalue weighted by Gasteiger charge is -2.11. The molecule has 1 unspecified atom stereocenters. The third-order valence-electron chi connectivity index (χ3n) is 3.67. The smallest absolute Gasteiger partial charge is 0.127 e. The molecule has 3 aromatic rings. The summed E-state index contributed by atoms with van der Waals surface area (Å²) in [4.78, 5) is 0.234. The number of hydrogen-bond acceptors (Lipinski definition) is 4. The largest absolute Gasteiger partial charge is 0.768 e. The van der Waals surface area contributed by atoms with Crippen molar-refractivity contribution in [3.8, 4) is 28.4 Å². The first-order valence-electron chi connectivity index (χ1n) is 8.25. The summed E-state index contributed by atoms with van der Waals surface area (Å²) in [5, 5.41) is 0. The van der Waals surface area contributed by atoms with Gasteiger partial charge < -0.3 is 14.0 Å². The SMILES string of the molecule is CC(C)Oc1ccc(-c2ccc(Oc3ccc(S(=O)[O-])cc3)cc2)cc1. The van der Waals surface area contributed by atoms with Gasteiger partial charge in [0.05, 0.1) is 6.10 Å². The summed E-state index contributed by atoms with van der Waals surface area (Å²) in [5.74, 6) is 2.12. The van der Waals surface area contributed by atoms with Crippen molar-refractivity contribution in [2.45, 2.75) is 24.8 Å². The molecule has 0 spiro atoms. The number of ether oxygens (including phenoxy) is 2. The van der Waals surface area contributed by atoms with E-state index in [1.54, 1.807) is 12.1 Å². The standard InChI is InChI=1S/C21H20O4S/c1-15(2)24-18-7-3-16(4-8-18)17-5-9-19(10-6-17)25-20-11-13-21(14-12-20)26(22)23/h3-15H,1-2H3,(H,22,23)/p-1. The van der Waals surface area contributed by atoms with Crippen LogP contribution in [0.5, 0.6) is 17.2 Å². The maximum Gasteiger partial charge on any atom is 0.127 e. The predicted molar refractivity (Wildman–Crippen MR) is 101 cm³/mol. The molecule has 0 heterocycles. The van der Waals surface area contributed by atoms with E-state index < -0.39 is 11.1 Å². The second-order valence-electron chi connectivity index (χ2n) is 6.02. The van der Waals surface area contributed by atoms with E-state index in [2.05, 4.69) is 0 Å². The minimum Gasteiger partial charge on any atom is -0.768 e. The fourth-order valence-corrected chi connectivity index (χ4v) is 2.83. The van der Waals surface area contributed by atoms with Crippen LogP contribution in [0.15, 0.2) is 77.7 Å². The van der Waals surface area contributed by atoms with Gasteiger partial charge in [0.15, 0.2) is 0 Å². The van der Waals surface area contributed by atoms with Crippen molar-refractivity contribution in [2.24, 2.45) is 0 Å². The van der Waals surface area contributed by atoms with Crippen molar-refractivity contribution in [1.82, 2.24) is 0 Å². The molecule has 26 heavy (non-hydrogen) atoms. The first-order chi connectivity index (χ1) is 12.5. The maximum atomic E-state index is 10.9. The minimum atomic E-state index is -2.23. The van der Waals surface area contributed by atoms with Gasteiger partial charge in [-0.15, -0.1) is 0 Å². The van der Waals surface area contributed by atoms with Crippen molar-refractivity contribution in [1.29, 1.82) is 0 Å². The third-order valence-corrected chi connectivity index (χ3v) is 4.32. The van der Waals surface area contributed by atoms with E-state index in [-0.39, 0.29) is 11.0 Å². The molecule has 5 heteroatoms. The summed E-state index contributed by atoms with van der Waals surface area (Å²) in [6.07, 6.45) is 0.153. The topological polar surface area (TPSA) is 58.6 Å². The Labute approximate surface area is 155 Å². The van der Waals surface area contributed by atoms with E-state index in [1.807, 2.05) is 62.4 Å². The average molecular weight is 367 g/mol. The van der Waals surface area contributed by atoms with E-state index >= 15 is 0 Å². The summed E-state index contributed by atoms with van der Waals surface area (Å²) in [7, 11) is 0. The molecule has 0 aliphatic heterocycles. The summed E-state index contributed by atoms with van der Waals surface area (Å²) >= 11 is -2.23. The van der Waals surface area contributed by atoms with Gasteiger partial charge in [-0.05, 0) is 84.6 Å². The normalized spacial score (nSPS) is 12.0. The quantitative estimate of drug-likeness (QED) is 0.564. The van der Waals surface area contributed by atoms with Crippen LogP contribution in [0.3, 0.4) is 0 Å². The molecule has 0 amide bonds. The highest BCUT2D eigenvalue weighted by atomic mass is 32.2. The molecule has 3 aromatic carbocycles. The van der Waals surface area contributed by atoms with Crippen LogP contribution in [-0.4, -0.2) is 14.9 Å². The molecule has 0 aliphatic carbocycles. The van der Waals surface area contributed by atoms with Crippen LogP contribution in [0.25, 0.3) is 11.1 Å². The molecule has 0 radical (unpaired) electrons. The number of hydrogen-bond donors (Lipinski definition) is 0. The van der Waals surface area contributed by atoms with Crippen LogP contribution in [0.2, 0.25) is 0 Å². The molecule has 0 aliphatic rings. The van der Waals surface area contributed by atoms with Crippen LogP contribution in [0, 0.1) is 0 Å². The zero-order valence-electron chi connectivity index (χ0n) is 14.5. The van der Waals surface area contributed by atoms with Crippen molar-refractivity contribution in [3.63, 3.8) is 0 Å². The predicted octanol–water partition coefficient (Wildman–Crippen LogP) is 5.17. The number of rotatable bonds is 6. The lowest BCUT2D eigenvalue weighted by Crippen LogP contribution is -2.05. The Kier molecular flexibility index (Phi) is 5.71. The molecule has 0 bridgehead atoms. The van der Waals surface area contributed by atoms with Crippen molar-refractivity contribution in [3.05, 3.63) is 72.8 Å². The Morgan fingerprint density at radius 3 is 1.58 bits per heavy atom. The second-order valence-corrected chi connectivity index (χ2v) is 6.96. The van der Waals surface area contributed by atoms with Crippen LogP contribution >= 0.6 is 0 Å². The Bertz CT molecular complexity index is 869. The lowest BCUT2D eigenvalue weighted by atomic mass is 10.1. The van der Waals surface area contributed by atoms with Gasteiger partial charge in [0.2, 0.25) is 0 Å². The highest BCUT2D eigenvalue weighted by Crippen LogP contribution is 2.27. The lowest BCUT2D eigenvalue weighted by molar-refractivity contribution is 0.242. The van der Waals surface area contributed by atoms with Gasteiger partial charge in [-0.3, -0.25) is 4.21 Å². The van der Waals surface area contributed by atoms with Gasteiger partial charge in [0.1, 0.15) is 17.2 Å². The molecule has 3 rings (SSSR count). The monoisotopic (exact) mass is 367 g/mol. The maximum absolute atomic E-state index is 10.9. The molecule has 0 N–H and O–H groups in total. The van der Waals surface area contributed by atoms with Crippen LogP contribution in [-0.2, 0) is 11.1 Å². The Morgan fingerprint density at radius 2 is 1.15 bits per heavy atom. The Morgan fingerprint density at radius 1 is 0.731 bits per heavy atom. The van der Waals surface area contributed by atoms with Gasteiger partial charge in [-0.25, -0.2) is 0 Å². The van der Waals surface area contributed by atoms with Crippen LogP contribution in [0.1, 0.15) is 13.8 Å². The third kappa shape index (κ3) is 4.71. The van der Waals surface area contributed by atoms with Gasteiger partial charge in [-0.2, -0.15) is 0 Å². The highest BCUT2D eigenvalue weighted by Gasteiger charge is 2.03. The molecule has 134 valence electrons. The first-order valence-corrected chi connectivity index (χ1v) is 9.33. The summed E-state index contributed by atoms with van der Waals surface area (Å²) < 4.78 is 33.1. The van der Waals surface area contributed by atoms with E-state index in [0.717, 1.165) is 16.9 Å².